The monoisotopic (exact) mass is 698 g/mol. The van der Waals surface area contributed by atoms with E-state index in [1.165, 1.54) is 24.4 Å². The van der Waals surface area contributed by atoms with Gasteiger partial charge in [0.05, 0.1) is 5.56 Å². The van der Waals surface area contributed by atoms with Crippen molar-refractivity contribution in [3.8, 4) is 6.01 Å². The Morgan fingerprint density at radius 1 is 0.837 bits per heavy atom. The van der Waals surface area contributed by atoms with Crippen molar-refractivity contribution < 1.29 is 32.3 Å². The van der Waals surface area contributed by atoms with Crippen LogP contribution in [0.5, 0.6) is 6.01 Å². The summed E-state index contributed by atoms with van der Waals surface area (Å²) in [6, 6.07) is 17.9. The van der Waals surface area contributed by atoms with Crippen LogP contribution in [0.1, 0.15) is 35.3 Å². The number of alkyl halides is 3. The molecule has 0 unspecified atom stereocenters. The zero-order valence-corrected chi connectivity index (χ0v) is 27.5. The van der Waals surface area contributed by atoms with Crippen molar-refractivity contribution in [1.82, 2.24) is 25.6 Å². The number of carbonyl (C=O) groups excluding carboxylic acids is 3. The summed E-state index contributed by atoms with van der Waals surface area (Å²) in [7, 11) is 0. The lowest BCUT2D eigenvalue weighted by molar-refractivity contribution is -0.154. The summed E-state index contributed by atoms with van der Waals surface area (Å²) in [6.45, 7) is 4.51. The quantitative estimate of drug-likeness (QED) is 0.111. The Kier molecular flexibility index (Phi) is 12.0. The van der Waals surface area contributed by atoms with Crippen LogP contribution in [0.15, 0.2) is 72.9 Å². The third-order valence-corrected chi connectivity index (χ3v) is 6.96. The van der Waals surface area contributed by atoms with Crippen LogP contribution < -0.4 is 31.3 Å². The van der Waals surface area contributed by atoms with E-state index in [-0.39, 0.29) is 36.1 Å². The molecule has 0 spiro atoms. The van der Waals surface area contributed by atoms with Crippen LogP contribution in [0.2, 0.25) is 5.02 Å². The maximum atomic E-state index is 12.8. The number of aryl methyl sites for hydroxylation is 1. The van der Waals surface area contributed by atoms with Crippen molar-refractivity contribution >= 4 is 52.5 Å². The number of pyridine rings is 1. The van der Waals surface area contributed by atoms with Crippen molar-refractivity contribution in [3.63, 3.8) is 0 Å². The molecule has 2 heterocycles. The zero-order chi connectivity index (χ0) is 35.6. The number of rotatable bonds is 13. The highest BCUT2D eigenvalue weighted by atomic mass is 35.5. The first kappa shape index (κ1) is 36.4. The van der Waals surface area contributed by atoms with Gasteiger partial charge in [0, 0.05) is 42.6 Å². The Labute approximate surface area is 285 Å². The van der Waals surface area contributed by atoms with Gasteiger partial charge in [-0.2, -0.15) is 23.1 Å². The lowest BCUT2D eigenvalue weighted by Crippen LogP contribution is -2.45. The van der Waals surface area contributed by atoms with Gasteiger partial charge in [-0.05, 0) is 54.3 Å². The second-order valence-electron chi connectivity index (χ2n) is 11.7. The highest BCUT2D eigenvalue weighted by Crippen LogP contribution is 2.23. The van der Waals surface area contributed by atoms with Gasteiger partial charge in [-0.3, -0.25) is 14.4 Å². The number of benzene rings is 2. The van der Waals surface area contributed by atoms with Gasteiger partial charge >= 0.3 is 24.0 Å². The lowest BCUT2D eigenvalue weighted by atomic mass is 9.93. The fourth-order valence-corrected chi connectivity index (χ4v) is 4.15. The fourth-order valence-electron chi connectivity index (χ4n) is 4.03. The molecule has 0 aliphatic heterocycles. The van der Waals surface area contributed by atoms with Crippen molar-refractivity contribution in [2.45, 2.75) is 33.5 Å². The van der Waals surface area contributed by atoms with E-state index in [2.05, 4.69) is 41.5 Å². The van der Waals surface area contributed by atoms with Gasteiger partial charge in [-0.1, -0.05) is 55.3 Å². The number of carbonyl (C=O) groups is 3. The van der Waals surface area contributed by atoms with Gasteiger partial charge in [0.2, 0.25) is 0 Å². The van der Waals surface area contributed by atoms with Gasteiger partial charge in [-0.25, -0.2) is 4.98 Å². The van der Waals surface area contributed by atoms with Gasteiger partial charge in [-0.15, -0.1) is 0 Å². The number of aromatic nitrogens is 3. The van der Waals surface area contributed by atoms with Crippen LogP contribution in [-0.2, 0) is 16.1 Å². The molecule has 0 aliphatic rings. The van der Waals surface area contributed by atoms with E-state index in [1.54, 1.807) is 36.4 Å². The van der Waals surface area contributed by atoms with Crippen LogP contribution in [0.4, 0.5) is 36.3 Å². The van der Waals surface area contributed by atoms with Crippen LogP contribution in [0.3, 0.4) is 0 Å². The average molecular weight is 699 g/mol. The summed E-state index contributed by atoms with van der Waals surface area (Å²) < 4.78 is 43.2. The Balaban J connectivity index is 1.31. The third-order valence-electron chi connectivity index (χ3n) is 6.71. The molecule has 12 nitrogen and oxygen atoms in total. The van der Waals surface area contributed by atoms with E-state index in [1.807, 2.05) is 32.9 Å². The maximum absolute atomic E-state index is 12.8. The Hall–Kier alpha value is -5.44. The number of nitrogens with one attached hydrogen (secondary N) is 5. The lowest BCUT2D eigenvalue weighted by Gasteiger charge is -2.25. The first-order chi connectivity index (χ1) is 23.1. The maximum Gasteiger partial charge on any atom is 0.422 e. The van der Waals surface area contributed by atoms with Gasteiger partial charge in [0.15, 0.2) is 6.61 Å². The summed E-state index contributed by atoms with van der Waals surface area (Å²) in [6.07, 6.45) is -3.28. The van der Waals surface area contributed by atoms with E-state index in [0.717, 1.165) is 11.1 Å². The van der Waals surface area contributed by atoms with Crippen molar-refractivity contribution in [2.24, 2.45) is 5.41 Å². The van der Waals surface area contributed by atoms with Crippen LogP contribution in [-0.4, -0.2) is 58.5 Å². The second-order valence-corrected chi connectivity index (χ2v) is 12.1. The molecule has 3 amide bonds. The number of amides is 3. The van der Waals surface area contributed by atoms with E-state index in [0.29, 0.717) is 17.3 Å². The van der Waals surface area contributed by atoms with Crippen LogP contribution >= 0.6 is 11.6 Å². The Morgan fingerprint density at radius 2 is 1.51 bits per heavy atom. The van der Waals surface area contributed by atoms with Gasteiger partial charge < -0.3 is 31.3 Å². The molecule has 258 valence electrons. The smallest absolute Gasteiger partial charge is 0.422 e. The van der Waals surface area contributed by atoms with E-state index >= 15 is 0 Å². The number of halogens is 4. The summed E-state index contributed by atoms with van der Waals surface area (Å²) >= 11 is 5.92. The zero-order valence-electron chi connectivity index (χ0n) is 26.7. The first-order valence-corrected chi connectivity index (χ1v) is 15.3. The predicted molar refractivity (Wildman–Crippen MR) is 179 cm³/mol. The molecule has 16 heteroatoms. The highest BCUT2D eigenvalue weighted by Gasteiger charge is 2.29. The second kappa shape index (κ2) is 16.1. The number of hydrogen-bond donors (Lipinski definition) is 5. The molecule has 4 rings (SSSR count). The number of nitrogens with zero attached hydrogens (tertiary/aromatic N) is 3. The molecule has 0 atom stereocenters. The summed E-state index contributed by atoms with van der Waals surface area (Å²) in [4.78, 5) is 49.6. The molecule has 0 aliphatic carbocycles. The molecule has 0 fully saturated rings. The normalized spacial score (nSPS) is 11.3. The minimum Gasteiger partial charge on any atom is -0.454 e. The molecular weight excluding hydrogens is 665 g/mol. The van der Waals surface area contributed by atoms with Crippen molar-refractivity contribution in [2.75, 3.05) is 35.6 Å². The molecule has 0 radical (unpaired) electrons. The van der Waals surface area contributed by atoms with E-state index in [4.69, 9.17) is 16.3 Å². The first-order valence-electron chi connectivity index (χ1n) is 14.9. The third kappa shape index (κ3) is 12.3. The van der Waals surface area contributed by atoms with Gasteiger partial charge in [0.25, 0.3) is 5.91 Å². The minimum atomic E-state index is -4.59. The molecule has 49 heavy (non-hydrogen) atoms. The Bertz CT molecular complexity index is 1750. The summed E-state index contributed by atoms with van der Waals surface area (Å²) in [5, 5.41) is 14.3. The molecular formula is C33H34ClF3N8O4. The van der Waals surface area contributed by atoms with Crippen molar-refractivity contribution in [1.29, 1.82) is 0 Å². The number of anilines is 4. The van der Waals surface area contributed by atoms with Gasteiger partial charge in [0.1, 0.15) is 17.5 Å². The molecule has 2 aromatic carbocycles. The molecule has 4 aromatic rings. The summed E-state index contributed by atoms with van der Waals surface area (Å²) in [5.41, 5.74) is 1.98. The standard InChI is InChI=1S/C33H34ClF3N8O4/c1-20-4-11-24(12-5-20)42-30(48)29(47)41-18-32(2,3)17-40-28(46)22-8-13-25(39-16-22)43-27-14-26(38-15-21-6-9-23(34)10-7-21)44-31(45-27)49-19-33(35,36)37/h4-14,16H,15,17-19H2,1-3H3,(H,40,46)(H,41,47)(H,42,48)(H2,38,39,43,44,45). The largest absolute Gasteiger partial charge is 0.454 e. The Morgan fingerprint density at radius 3 is 2.16 bits per heavy atom. The van der Waals surface area contributed by atoms with E-state index in [9.17, 15) is 27.6 Å². The molecule has 0 saturated heterocycles. The SMILES string of the molecule is Cc1ccc(NC(=O)C(=O)NCC(C)(C)CNC(=O)c2ccc(Nc3cc(NCc4ccc(Cl)cc4)nc(OCC(F)(F)F)n3)nc2)cc1. The highest BCUT2D eigenvalue weighted by molar-refractivity contribution is 6.39. The van der Waals surface area contributed by atoms with Crippen molar-refractivity contribution in [3.05, 3.63) is 94.6 Å². The number of hydrogen-bond acceptors (Lipinski definition) is 9. The predicted octanol–water partition coefficient (Wildman–Crippen LogP) is 5.64. The minimum absolute atomic E-state index is 0.0897. The average Bonchev–Trinajstić information content (AvgIpc) is 3.06. The molecule has 0 bridgehead atoms. The summed E-state index contributed by atoms with van der Waals surface area (Å²) in [5.74, 6) is -1.53. The topological polar surface area (TPSA) is 159 Å². The fraction of sp³-hybridized carbons (Fsp3) is 0.273. The molecule has 5 N–H and O–H groups in total. The van der Waals surface area contributed by atoms with Crippen LogP contribution in [0, 0.1) is 12.3 Å². The molecule has 2 aromatic heterocycles. The molecule has 0 saturated carbocycles. The van der Waals surface area contributed by atoms with E-state index < -0.39 is 41.9 Å². The number of ether oxygens (including phenoxy) is 1. The van der Waals surface area contributed by atoms with Crippen LogP contribution in [0.25, 0.3) is 0 Å².